The molecule has 0 heterocycles. The van der Waals surface area contributed by atoms with Gasteiger partial charge in [-0.2, -0.15) is 13.2 Å². The molecule has 0 aromatic heterocycles. The number of benzene rings is 2. The van der Waals surface area contributed by atoms with Gasteiger partial charge < -0.3 is 15.7 Å². The van der Waals surface area contributed by atoms with E-state index in [1.165, 1.54) is 31.2 Å². The van der Waals surface area contributed by atoms with Crippen LogP contribution in [0.2, 0.25) is 0 Å². The molecule has 0 unspecified atom stereocenters. The molecule has 1 saturated carbocycles. The highest BCUT2D eigenvalue weighted by Crippen LogP contribution is 2.48. The monoisotopic (exact) mass is 543 g/mol. The number of carbonyl (C=O) groups is 3. The first-order valence-electron chi connectivity index (χ1n) is 11.2. The fourth-order valence-corrected chi connectivity index (χ4v) is 4.29. The maximum Gasteiger partial charge on any atom is 0.490 e. The number of rotatable bonds is 8. The SMILES string of the molecule is CC(=O)Nc1ccc(S(=O)(=O)Nc2ccc(C3(C(=O)NCC(C)C)CC3)cc2)cc1.O=C(O)C(F)(F)F. The number of carbonyl (C=O) groups excluding carboxylic acids is 2. The van der Waals surface area contributed by atoms with Crippen molar-refractivity contribution in [2.75, 3.05) is 16.6 Å². The number of amides is 2. The van der Waals surface area contributed by atoms with Crippen LogP contribution in [0.5, 0.6) is 0 Å². The number of anilines is 2. The number of hydrogen-bond donors (Lipinski definition) is 4. The summed E-state index contributed by atoms with van der Waals surface area (Å²) >= 11 is 0. The molecule has 0 radical (unpaired) electrons. The number of carboxylic acids is 1. The minimum Gasteiger partial charge on any atom is -0.475 e. The first kappa shape index (κ1) is 29.6. The van der Waals surface area contributed by atoms with E-state index >= 15 is 0 Å². The van der Waals surface area contributed by atoms with Crippen molar-refractivity contribution in [1.29, 1.82) is 0 Å². The second-order valence-electron chi connectivity index (χ2n) is 8.88. The molecule has 1 fully saturated rings. The van der Waals surface area contributed by atoms with Gasteiger partial charge in [0, 0.05) is 24.8 Å². The van der Waals surface area contributed by atoms with E-state index in [9.17, 15) is 31.2 Å². The molecule has 1 aliphatic carbocycles. The summed E-state index contributed by atoms with van der Waals surface area (Å²) in [4.78, 5) is 32.6. The van der Waals surface area contributed by atoms with E-state index in [2.05, 4.69) is 15.4 Å². The normalized spacial score (nSPS) is 14.1. The van der Waals surface area contributed by atoms with E-state index in [1.807, 2.05) is 13.8 Å². The maximum atomic E-state index is 12.6. The number of alkyl halides is 3. The predicted molar refractivity (Wildman–Crippen MR) is 130 cm³/mol. The molecule has 202 valence electrons. The second-order valence-corrected chi connectivity index (χ2v) is 10.6. The number of carboxylic acid groups (broad SMARTS) is 1. The molecule has 2 amide bonds. The zero-order chi connectivity index (χ0) is 28.0. The predicted octanol–water partition coefficient (Wildman–Crippen LogP) is 3.88. The number of halogens is 3. The zero-order valence-corrected chi connectivity index (χ0v) is 21.2. The topological polar surface area (TPSA) is 142 Å². The number of sulfonamides is 1. The average Bonchev–Trinajstić information content (AvgIpc) is 3.59. The van der Waals surface area contributed by atoms with E-state index in [1.54, 1.807) is 24.3 Å². The van der Waals surface area contributed by atoms with Crippen LogP contribution < -0.4 is 15.4 Å². The van der Waals surface area contributed by atoms with Gasteiger partial charge in [-0.1, -0.05) is 26.0 Å². The van der Waals surface area contributed by atoms with Gasteiger partial charge in [0.2, 0.25) is 11.8 Å². The van der Waals surface area contributed by atoms with Crippen LogP contribution in [0.4, 0.5) is 24.5 Å². The maximum absolute atomic E-state index is 12.6. The van der Waals surface area contributed by atoms with Gasteiger partial charge in [0.05, 0.1) is 10.3 Å². The molecule has 2 aromatic carbocycles. The summed E-state index contributed by atoms with van der Waals surface area (Å²) in [6.45, 7) is 6.12. The van der Waals surface area contributed by atoms with Gasteiger partial charge in [-0.25, -0.2) is 13.2 Å². The summed E-state index contributed by atoms with van der Waals surface area (Å²) in [5.74, 6) is -2.57. The fraction of sp³-hybridized carbons (Fsp3) is 0.375. The lowest BCUT2D eigenvalue weighted by Gasteiger charge is -2.17. The van der Waals surface area contributed by atoms with Crippen LogP contribution in [0.25, 0.3) is 0 Å². The molecule has 4 N–H and O–H groups in total. The quantitative estimate of drug-likeness (QED) is 0.398. The van der Waals surface area contributed by atoms with Crippen molar-refractivity contribution in [3.05, 3.63) is 54.1 Å². The summed E-state index contributed by atoms with van der Waals surface area (Å²) in [5, 5.41) is 12.7. The van der Waals surface area contributed by atoms with E-state index in [4.69, 9.17) is 9.90 Å². The smallest absolute Gasteiger partial charge is 0.475 e. The lowest BCUT2D eigenvalue weighted by Crippen LogP contribution is -2.36. The van der Waals surface area contributed by atoms with Gasteiger partial charge in [0.25, 0.3) is 10.0 Å². The van der Waals surface area contributed by atoms with Crippen LogP contribution in [0, 0.1) is 5.92 Å². The Kier molecular flexibility index (Phi) is 9.31. The largest absolute Gasteiger partial charge is 0.490 e. The van der Waals surface area contributed by atoms with Crippen molar-refractivity contribution in [1.82, 2.24) is 5.32 Å². The Hall–Kier alpha value is -3.61. The summed E-state index contributed by atoms with van der Waals surface area (Å²) in [6, 6.07) is 12.9. The summed E-state index contributed by atoms with van der Waals surface area (Å²) < 4.78 is 59.5. The molecule has 1 aliphatic rings. The summed E-state index contributed by atoms with van der Waals surface area (Å²) in [5.41, 5.74) is 1.34. The van der Waals surface area contributed by atoms with Crippen LogP contribution in [-0.2, 0) is 29.8 Å². The molecule has 2 aromatic rings. The Morgan fingerprint density at radius 2 is 1.46 bits per heavy atom. The van der Waals surface area contributed by atoms with Crippen molar-refractivity contribution >= 4 is 39.2 Å². The van der Waals surface area contributed by atoms with Gasteiger partial charge in [-0.3, -0.25) is 14.3 Å². The number of nitrogens with one attached hydrogen (secondary N) is 3. The first-order valence-corrected chi connectivity index (χ1v) is 12.6. The molecule has 0 aliphatic heterocycles. The third kappa shape index (κ3) is 8.48. The Balaban J connectivity index is 0.000000604. The van der Waals surface area contributed by atoms with E-state index in [0.29, 0.717) is 23.8 Å². The molecule has 9 nitrogen and oxygen atoms in total. The highest BCUT2D eigenvalue weighted by atomic mass is 32.2. The molecule has 0 spiro atoms. The highest BCUT2D eigenvalue weighted by molar-refractivity contribution is 7.92. The van der Waals surface area contributed by atoms with Gasteiger partial charge in [0.15, 0.2) is 0 Å². The molecule has 37 heavy (non-hydrogen) atoms. The van der Waals surface area contributed by atoms with Gasteiger partial charge in [-0.15, -0.1) is 0 Å². The number of hydrogen-bond acceptors (Lipinski definition) is 5. The zero-order valence-electron chi connectivity index (χ0n) is 20.3. The molecule has 0 saturated heterocycles. The van der Waals surface area contributed by atoms with E-state index in [-0.39, 0.29) is 16.7 Å². The van der Waals surface area contributed by atoms with Crippen LogP contribution in [0.15, 0.2) is 53.4 Å². The Bertz CT molecular complexity index is 1220. The molecular weight excluding hydrogens is 515 g/mol. The Morgan fingerprint density at radius 1 is 0.973 bits per heavy atom. The molecule has 0 atom stereocenters. The standard InChI is InChI=1S/C22H27N3O4S.C2HF3O2/c1-15(2)14-23-21(27)22(12-13-22)17-4-6-19(7-5-17)25-30(28,29)20-10-8-18(9-11-20)24-16(3)26;3-2(4,5)1(6)7/h4-11,15,25H,12-14H2,1-3H3,(H,23,27)(H,24,26);(H,6,7). The lowest BCUT2D eigenvalue weighted by atomic mass is 9.94. The molecular formula is C24H28F3N3O6S. The first-order chi connectivity index (χ1) is 17.1. The van der Waals surface area contributed by atoms with Gasteiger partial charge >= 0.3 is 12.1 Å². The minimum atomic E-state index is -5.08. The molecule has 13 heteroatoms. The van der Waals surface area contributed by atoms with Crippen molar-refractivity contribution in [3.8, 4) is 0 Å². The third-order valence-corrected chi connectivity index (χ3v) is 6.67. The van der Waals surface area contributed by atoms with Gasteiger partial charge in [0.1, 0.15) is 0 Å². The fourth-order valence-electron chi connectivity index (χ4n) is 3.23. The average molecular weight is 544 g/mol. The van der Waals surface area contributed by atoms with Crippen LogP contribution in [0.1, 0.15) is 39.2 Å². The van der Waals surface area contributed by atoms with E-state index < -0.39 is 27.6 Å². The van der Waals surface area contributed by atoms with Crippen LogP contribution >= 0.6 is 0 Å². The molecule has 3 rings (SSSR count). The lowest BCUT2D eigenvalue weighted by molar-refractivity contribution is -0.192. The third-order valence-electron chi connectivity index (χ3n) is 5.27. The van der Waals surface area contributed by atoms with Gasteiger partial charge in [-0.05, 0) is 60.7 Å². The summed E-state index contributed by atoms with van der Waals surface area (Å²) in [6.07, 6.45) is -3.49. The van der Waals surface area contributed by atoms with Crippen molar-refractivity contribution in [2.45, 2.75) is 50.1 Å². The Morgan fingerprint density at radius 3 is 1.86 bits per heavy atom. The molecule has 0 bridgehead atoms. The van der Waals surface area contributed by atoms with Crippen LogP contribution in [-0.4, -0.2) is 44.0 Å². The minimum absolute atomic E-state index is 0.0313. The second kappa shape index (κ2) is 11.6. The van der Waals surface area contributed by atoms with E-state index in [0.717, 1.165) is 18.4 Å². The number of aliphatic carboxylic acids is 1. The van der Waals surface area contributed by atoms with Crippen molar-refractivity contribution < 1.29 is 41.1 Å². The van der Waals surface area contributed by atoms with Crippen LogP contribution in [0.3, 0.4) is 0 Å². The van der Waals surface area contributed by atoms with Crippen molar-refractivity contribution in [2.24, 2.45) is 5.92 Å². The van der Waals surface area contributed by atoms with Crippen molar-refractivity contribution in [3.63, 3.8) is 0 Å². The summed E-state index contributed by atoms with van der Waals surface area (Å²) in [7, 11) is -3.77. The Labute approximate surface area is 212 Å². The highest BCUT2D eigenvalue weighted by Gasteiger charge is 2.51.